The van der Waals surface area contributed by atoms with Gasteiger partial charge in [-0.15, -0.1) is 0 Å². The van der Waals surface area contributed by atoms with Gasteiger partial charge < -0.3 is 25.6 Å². The number of carbonyl (C=O) groups is 1. The van der Waals surface area contributed by atoms with Crippen LogP contribution in [0, 0.1) is 0 Å². The maximum absolute atomic E-state index is 10.4. The number of aliphatic hydroxyl groups is 1. The molecule has 0 aliphatic rings. The zero-order valence-corrected chi connectivity index (χ0v) is 10.8. The van der Waals surface area contributed by atoms with Crippen molar-refractivity contribution in [2.24, 2.45) is 5.73 Å². The lowest BCUT2D eigenvalue weighted by atomic mass is 9.74. The molecule has 0 fully saturated rings. The van der Waals surface area contributed by atoms with Crippen molar-refractivity contribution in [3.8, 4) is 0 Å². The molecule has 100 valence electrons. The molecule has 0 radical (unpaired) electrons. The fourth-order valence-corrected chi connectivity index (χ4v) is 0.966. The number of rotatable bonds is 7. The van der Waals surface area contributed by atoms with Crippen molar-refractivity contribution in [2.45, 2.75) is 57.7 Å². The van der Waals surface area contributed by atoms with E-state index in [4.69, 9.17) is 15.5 Å². The molecule has 0 aliphatic carbocycles. The Bertz CT molecular complexity index is 264. The summed E-state index contributed by atoms with van der Waals surface area (Å²) in [5, 5.41) is 28.0. The topological polar surface area (TPSA) is 113 Å². The minimum Gasteiger partial charge on any atom is -0.481 e. The Morgan fingerprint density at radius 3 is 2.24 bits per heavy atom. The summed E-state index contributed by atoms with van der Waals surface area (Å²) in [6.45, 7) is 6.37. The largest absolute Gasteiger partial charge is 0.481 e. The zero-order valence-electron chi connectivity index (χ0n) is 10.8. The van der Waals surface area contributed by atoms with Crippen molar-refractivity contribution >= 4 is 13.1 Å². The molecule has 0 aromatic heterocycles. The quantitative estimate of drug-likeness (QED) is 0.462. The summed E-state index contributed by atoms with van der Waals surface area (Å²) >= 11 is 0. The fraction of sp³-hybridized carbons (Fsp3) is 0.900. The molecule has 1 unspecified atom stereocenters. The predicted molar refractivity (Wildman–Crippen MR) is 64.3 cm³/mol. The van der Waals surface area contributed by atoms with Gasteiger partial charge in [0, 0.05) is 12.4 Å². The first-order valence-corrected chi connectivity index (χ1v) is 5.53. The van der Waals surface area contributed by atoms with Crippen LogP contribution in [0.1, 0.15) is 40.5 Å². The first-order chi connectivity index (χ1) is 7.47. The molecule has 6 nitrogen and oxygen atoms in total. The summed E-state index contributed by atoms with van der Waals surface area (Å²) in [4.78, 5) is 10.4. The van der Waals surface area contributed by atoms with Gasteiger partial charge in [0.2, 0.25) is 0 Å². The van der Waals surface area contributed by atoms with Crippen LogP contribution >= 0.6 is 0 Å². The van der Waals surface area contributed by atoms with E-state index in [0.29, 0.717) is 0 Å². The normalized spacial score (nSPS) is 14.5. The van der Waals surface area contributed by atoms with Gasteiger partial charge in [0.15, 0.2) is 0 Å². The zero-order chi connectivity index (χ0) is 13.9. The smallest absolute Gasteiger partial charge is 0.472 e. The highest BCUT2D eigenvalue weighted by Gasteiger charge is 2.40. The Labute approximate surface area is 102 Å². The van der Waals surface area contributed by atoms with E-state index in [1.807, 2.05) is 0 Å². The van der Waals surface area contributed by atoms with E-state index in [1.54, 1.807) is 27.7 Å². The maximum atomic E-state index is 10.4. The minimum atomic E-state index is -1.31. The van der Waals surface area contributed by atoms with Crippen molar-refractivity contribution in [3.05, 3.63) is 0 Å². The van der Waals surface area contributed by atoms with Crippen molar-refractivity contribution in [2.75, 3.05) is 0 Å². The second-order valence-corrected chi connectivity index (χ2v) is 5.17. The number of aliphatic carboxylic acids is 1. The van der Waals surface area contributed by atoms with Crippen LogP contribution in [0.25, 0.3) is 0 Å². The van der Waals surface area contributed by atoms with E-state index in [0.717, 1.165) is 0 Å². The lowest BCUT2D eigenvalue weighted by molar-refractivity contribution is -0.137. The third kappa shape index (κ3) is 5.49. The van der Waals surface area contributed by atoms with Gasteiger partial charge in [-0.05, 0) is 34.1 Å². The van der Waals surface area contributed by atoms with Crippen molar-refractivity contribution in [1.82, 2.24) is 0 Å². The van der Waals surface area contributed by atoms with Crippen LogP contribution in [0.4, 0.5) is 0 Å². The monoisotopic (exact) mass is 247 g/mol. The summed E-state index contributed by atoms with van der Waals surface area (Å²) in [5.41, 5.74) is 3.45. The molecule has 7 heteroatoms. The molecule has 0 spiro atoms. The second-order valence-electron chi connectivity index (χ2n) is 5.17. The van der Waals surface area contributed by atoms with Crippen molar-refractivity contribution in [1.29, 1.82) is 0 Å². The van der Waals surface area contributed by atoms with E-state index >= 15 is 0 Å². The third-order valence-corrected chi connectivity index (χ3v) is 2.95. The lowest BCUT2D eigenvalue weighted by Gasteiger charge is -2.39. The molecule has 0 amide bonds. The second kappa shape index (κ2) is 5.81. The standard InChI is InChI=1S/C10H22BNO5/c1-9(2,15)10(3,4)17-11(16)7(12)5-6-8(13)14/h7,15-16H,5-6,12H2,1-4H3,(H,13,14). The van der Waals surface area contributed by atoms with Crippen LogP contribution in [0.5, 0.6) is 0 Å². The lowest BCUT2D eigenvalue weighted by Crippen LogP contribution is -2.54. The number of nitrogens with two attached hydrogens (primary N) is 1. The molecule has 0 heterocycles. The number of carboxylic acids is 1. The molecule has 1 atom stereocenters. The predicted octanol–water partition coefficient (Wildman–Crippen LogP) is -0.236. The minimum absolute atomic E-state index is 0.110. The van der Waals surface area contributed by atoms with Crippen LogP contribution in [0.3, 0.4) is 0 Å². The van der Waals surface area contributed by atoms with Gasteiger partial charge in [0.25, 0.3) is 0 Å². The van der Waals surface area contributed by atoms with Gasteiger partial charge in [0.05, 0.1) is 11.2 Å². The Morgan fingerprint density at radius 1 is 1.41 bits per heavy atom. The Hall–Kier alpha value is -0.625. The molecule has 0 aromatic rings. The first kappa shape index (κ1) is 16.4. The molecule has 0 rings (SSSR count). The van der Waals surface area contributed by atoms with E-state index in [1.165, 1.54) is 0 Å². The van der Waals surface area contributed by atoms with Gasteiger partial charge >= 0.3 is 13.1 Å². The van der Waals surface area contributed by atoms with E-state index < -0.39 is 30.2 Å². The molecule has 0 bridgehead atoms. The van der Waals surface area contributed by atoms with Crippen LogP contribution in [0.15, 0.2) is 0 Å². The number of hydrogen-bond acceptors (Lipinski definition) is 5. The van der Waals surface area contributed by atoms with Crippen LogP contribution in [-0.4, -0.2) is 45.5 Å². The molecule has 5 N–H and O–H groups in total. The van der Waals surface area contributed by atoms with Crippen LogP contribution in [-0.2, 0) is 9.45 Å². The molecule has 0 aromatic carbocycles. The van der Waals surface area contributed by atoms with Gasteiger partial charge in [-0.1, -0.05) is 0 Å². The molecular formula is C10H22BNO5. The molecular weight excluding hydrogens is 225 g/mol. The van der Waals surface area contributed by atoms with Gasteiger partial charge in [-0.25, -0.2) is 0 Å². The fourth-order valence-electron chi connectivity index (χ4n) is 0.966. The SMILES string of the molecule is CC(C)(O)C(C)(C)OB(O)C(N)CCC(=O)O. The highest BCUT2D eigenvalue weighted by atomic mass is 16.5. The third-order valence-electron chi connectivity index (χ3n) is 2.95. The van der Waals surface area contributed by atoms with Gasteiger partial charge in [0.1, 0.15) is 0 Å². The number of carboxylic acid groups (broad SMARTS) is 1. The van der Waals surface area contributed by atoms with Gasteiger partial charge in [-0.2, -0.15) is 0 Å². The van der Waals surface area contributed by atoms with Crippen LogP contribution in [0.2, 0.25) is 0 Å². The summed E-state index contributed by atoms with van der Waals surface area (Å²) in [6, 6.07) is 0. The average Bonchev–Trinajstić information content (AvgIpc) is 2.11. The van der Waals surface area contributed by atoms with Crippen molar-refractivity contribution < 1.29 is 24.7 Å². The van der Waals surface area contributed by atoms with Crippen LogP contribution < -0.4 is 5.73 Å². The highest BCUT2D eigenvalue weighted by molar-refractivity contribution is 6.45. The maximum Gasteiger partial charge on any atom is 0.472 e. The first-order valence-electron chi connectivity index (χ1n) is 5.53. The summed E-state index contributed by atoms with van der Waals surface area (Å²) < 4.78 is 5.28. The van der Waals surface area contributed by atoms with E-state index in [9.17, 15) is 14.9 Å². The summed E-state index contributed by atoms with van der Waals surface area (Å²) in [7, 11) is -1.31. The summed E-state index contributed by atoms with van der Waals surface area (Å²) in [6.07, 6.45) is -0.0248. The molecule has 0 saturated heterocycles. The van der Waals surface area contributed by atoms with Crippen molar-refractivity contribution in [3.63, 3.8) is 0 Å². The number of hydrogen-bond donors (Lipinski definition) is 4. The molecule has 17 heavy (non-hydrogen) atoms. The molecule has 0 saturated carbocycles. The summed E-state index contributed by atoms with van der Waals surface area (Å²) in [5.74, 6) is -1.78. The average molecular weight is 247 g/mol. The Balaban J connectivity index is 4.33. The Kier molecular flexibility index (Phi) is 5.60. The van der Waals surface area contributed by atoms with Gasteiger partial charge in [-0.3, -0.25) is 4.79 Å². The highest BCUT2D eigenvalue weighted by Crippen LogP contribution is 2.25. The van der Waals surface area contributed by atoms with E-state index in [-0.39, 0.29) is 12.8 Å². The molecule has 0 aliphatic heterocycles. The Morgan fingerprint density at radius 2 is 1.88 bits per heavy atom. The van der Waals surface area contributed by atoms with E-state index in [2.05, 4.69) is 0 Å².